The molecule has 1 unspecified atom stereocenters. The van der Waals surface area contributed by atoms with Crippen molar-refractivity contribution in [3.05, 3.63) is 43.1 Å². The summed E-state index contributed by atoms with van der Waals surface area (Å²) >= 11 is 0. The number of carbonyl (C=O) groups is 2. The molecule has 1 saturated heterocycles. The fourth-order valence-corrected chi connectivity index (χ4v) is 4.16. The average Bonchev–Trinajstić information content (AvgIpc) is 2.76. The van der Waals surface area contributed by atoms with Gasteiger partial charge in [0.2, 0.25) is 5.91 Å². The van der Waals surface area contributed by atoms with E-state index in [4.69, 9.17) is 9.47 Å². The van der Waals surface area contributed by atoms with Crippen LogP contribution in [0.4, 0.5) is 10.5 Å². The van der Waals surface area contributed by atoms with Gasteiger partial charge in [-0.15, -0.1) is 6.58 Å². The molecule has 1 N–H and O–H groups in total. The van der Waals surface area contributed by atoms with E-state index in [0.717, 1.165) is 10.9 Å². The van der Waals surface area contributed by atoms with Gasteiger partial charge in [0, 0.05) is 30.6 Å². The van der Waals surface area contributed by atoms with Crippen LogP contribution in [0.3, 0.4) is 0 Å². The van der Waals surface area contributed by atoms with Gasteiger partial charge in [-0.25, -0.2) is 4.79 Å². The summed E-state index contributed by atoms with van der Waals surface area (Å²) in [7, 11) is 1.61. The number of carbonyl (C=O) groups excluding carboxylic acids is 2. The predicted molar refractivity (Wildman–Crippen MR) is 126 cm³/mol. The molecule has 1 fully saturated rings. The van der Waals surface area contributed by atoms with Gasteiger partial charge in [0.25, 0.3) is 0 Å². The molecule has 2 heterocycles. The molecule has 0 radical (unpaired) electrons. The number of nitrogens with zero attached hydrogens (tertiary/aromatic N) is 2. The molecule has 7 heteroatoms. The van der Waals surface area contributed by atoms with Gasteiger partial charge in [-0.05, 0) is 63.3 Å². The summed E-state index contributed by atoms with van der Waals surface area (Å²) in [6.07, 6.45) is 3.91. The number of ether oxygens (including phenoxy) is 2. The van der Waals surface area contributed by atoms with Crippen LogP contribution in [0.1, 0.15) is 34.1 Å². The summed E-state index contributed by atoms with van der Waals surface area (Å²) in [5.74, 6) is 0.464. The van der Waals surface area contributed by atoms with Crippen LogP contribution in [0.15, 0.2) is 43.1 Å². The molecule has 1 aliphatic heterocycles. The van der Waals surface area contributed by atoms with Gasteiger partial charge >= 0.3 is 6.09 Å². The van der Waals surface area contributed by atoms with Crippen molar-refractivity contribution in [2.75, 3.05) is 25.5 Å². The standard InChI is InChI=1S/C25H33N3O4/c1-7-17-15-28(24(30)32-25(3,4)5)13-11-19(17)16(2)23(29)27-22-10-12-26-21-9-8-18(31-6)14-20(21)22/h7-10,12,14,16-17,19H,1,11,13,15H2,2-6H3,(H,26,27,29)/t16?,17-,19-/m0/s1. The third-order valence-corrected chi connectivity index (χ3v) is 5.93. The zero-order valence-electron chi connectivity index (χ0n) is 19.6. The van der Waals surface area contributed by atoms with Crippen LogP contribution < -0.4 is 10.1 Å². The Hall–Kier alpha value is -3.09. The third-order valence-electron chi connectivity index (χ3n) is 5.93. The number of amides is 2. The maximum absolute atomic E-state index is 13.2. The van der Waals surface area contributed by atoms with E-state index in [2.05, 4.69) is 16.9 Å². The second-order valence-corrected chi connectivity index (χ2v) is 9.30. The third kappa shape index (κ3) is 5.39. The van der Waals surface area contributed by atoms with Crippen molar-refractivity contribution in [2.45, 2.75) is 39.7 Å². The van der Waals surface area contributed by atoms with Crippen LogP contribution in [0.5, 0.6) is 5.75 Å². The largest absolute Gasteiger partial charge is 0.497 e. The smallest absolute Gasteiger partial charge is 0.410 e. The number of benzene rings is 1. The summed E-state index contributed by atoms with van der Waals surface area (Å²) in [6, 6.07) is 7.38. The summed E-state index contributed by atoms with van der Waals surface area (Å²) in [5.41, 5.74) is 0.943. The lowest BCUT2D eigenvalue weighted by molar-refractivity contribution is -0.122. The summed E-state index contributed by atoms with van der Waals surface area (Å²) in [4.78, 5) is 31.7. The number of likely N-dealkylation sites (tertiary alicyclic amines) is 1. The maximum atomic E-state index is 13.2. The summed E-state index contributed by atoms with van der Waals surface area (Å²) in [5, 5.41) is 3.90. The van der Waals surface area contributed by atoms with E-state index in [1.165, 1.54) is 0 Å². The van der Waals surface area contributed by atoms with Gasteiger partial charge in [0.15, 0.2) is 0 Å². The predicted octanol–water partition coefficient (Wildman–Crippen LogP) is 4.88. The molecule has 3 atom stereocenters. The molecule has 7 nitrogen and oxygen atoms in total. The maximum Gasteiger partial charge on any atom is 0.410 e. The second kappa shape index (κ2) is 9.59. The number of piperidine rings is 1. The SMILES string of the molecule is C=C[C@H]1CN(C(=O)OC(C)(C)C)CC[C@H]1C(C)C(=O)Nc1ccnc2ccc(OC)cc12. The van der Waals surface area contributed by atoms with Crippen LogP contribution in [0.2, 0.25) is 0 Å². The molecule has 3 rings (SSSR count). The highest BCUT2D eigenvalue weighted by Gasteiger charge is 2.37. The first kappa shape index (κ1) is 23.6. The molecule has 32 heavy (non-hydrogen) atoms. The van der Waals surface area contributed by atoms with E-state index in [-0.39, 0.29) is 29.8 Å². The number of aromatic nitrogens is 1. The Kier molecular flexibility index (Phi) is 7.06. The molecular weight excluding hydrogens is 406 g/mol. The number of pyridine rings is 1. The number of hydrogen-bond donors (Lipinski definition) is 1. The summed E-state index contributed by atoms with van der Waals surface area (Å²) < 4.78 is 10.8. The van der Waals surface area contributed by atoms with Crippen LogP contribution in [-0.2, 0) is 9.53 Å². The molecule has 1 aromatic carbocycles. The zero-order chi connectivity index (χ0) is 23.5. The average molecular weight is 440 g/mol. The first-order chi connectivity index (χ1) is 15.1. The van der Waals surface area contributed by atoms with Crippen molar-refractivity contribution in [3.8, 4) is 5.75 Å². The van der Waals surface area contributed by atoms with E-state index < -0.39 is 5.60 Å². The first-order valence-electron chi connectivity index (χ1n) is 11.0. The Labute approximate surface area is 189 Å². The Morgan fingerprint density at radius 1 is 1.31 bits per heavy atom. The number of rotatable bonds is 5. The highest BCUT2D eigenvalue weighted by molar-refractivity contribution is 6.02. The molecule has 1 aliphatic rings. The van der Waals surface area contributed by atoms with Gasteiger partial charge in [0.05, 0.1) is 18.3 Å². The molecule has 2 amide bonds. The zero-order valence-corrected chi connectivity index (χ0v) is 19.6. The minimum absolute atomic E-state index is 0.00583. The van der Waals surface area contributed by atoms with Crippen molar-refractivity contribution >= 4 is 28.6 Å². The van der Waals surface area contributed by atoms with E-state index in [1.54, 1.807) is 24.3 Å². The number of nitrogens with one attached hydrogen (secondary N) is 1. The van der Waals surface area contributed by atoms with Gasteiger partial charge in [-0.3, -0.25) is 9.78 Å². The molecule has 0 saturated carbocycles. The van der Waals surface area contributed by atoms with Crippen molar-refractivity contribution in [1.82, 2.24) is 9.88 Å². The number of hydrogen-bond acceptors (Lipinski definition) is 5. The summed E-state index contributed by atoms with van der Waals surface area (Å²) in [6.45, 7) is 12.5. The number of fused-ring (bicyclic) bond motifs is 1. The Morgan fingerprint density at radius 2 is 2.06 bits per heavy atom. The molecule has 0 aliphatic carbocycles. The monoisotopic (exact) mass is 439 g/mol. The minimum Gasteiger partial charge on any atom is -0.497 e. The van der Waals surface area contributed by atoms with Crippen LogP contribution in [0.25, 0.3) is 10.9 Å². The highest BCUT2D eigenvalue weighted by Crippen LogP contribution is 2.33. The molecule has 2 aromatic rings. The molecule has 172 valence electrons. The van der Waals surface area contributed by atoms with Gasteiger partial charge in [0.1, 0.15) is 11.4 Å². The van der Waals surface area contributed by atoms with E-state index in [1.807, 2.05) is 52.0 Å². The lowest BCUT2D eigenvalue weighted by atomic mass is 9.77. The Morgan fingerprint density at radius 3 is 2.72 bits per heavy atom. The van der Waals surface area contributed by atoms with Crippen LogP contribution in [0, 0.1) is 17.8 Å². The van der Waals surface area contributed by atoms with Gasteiger partial charge in [-0.1, -0.05) is 13.0 Å². The van der Waals surface area contributed by atoms with Crippen molar-refractivity contribution in [3.63, 3.8) is 0 Å². The lowest BCUT2D eigenvalue weighted by Gasteiger charge is -2.39. The van der Waals surface area contributed by atoms with Crippen molar-refractivity contribution in [2.24, 2.45) is 17.8 Å². The van der Waals surface area contributed by atoms with Crippen molar-refractivity contribution < 1.29 is 19.1 Å². The number of methoxy groups -OCH3 is 1. The first-order valence-corrected chi connectivity index (χ1v) is 11.0. The van der Waals surface area contributed by atoms with E-state index in [0.29, 0.717) is 30.9 Å². The fraction of sp³-hybridized carbons (Fsp3) is 0.480. The second-order valence-electron chi connectivity index (χ2n) is 9.30. The van der Waals surface area contributed by atoms with Gasteiger partial charge < -0.3 is 19.7 Å². The van der Waals surface area contributed by atoms with E-state index in [9.17, 15) is 9.59 Å². The fourth-order valence-electron chi connectivity index (χ4n) is 4.16. The van der Waals surface area contributed by atoms with Crippen LogP contribution in [-0.4, -0.2) is 47.7 Å². The van der Waals surface area contributed by atoms with Gasteiger partial charge in [-0.2, -0.15) is 0 Å². The minimum atomic E-state index is -0.541. The Balaban J connectivity index is 1.71. The van der Waals surface area contributed by atoms with Crippen molar-refractivity contribution in [1.29, 1.82) is 0 Å². The normalized spacial score (nSPS) is 19.8. The highest BCUT2D eigenvalue weighted by atomic mass is 16.6. The molecule has 1 aromatic heterocycles. The topological polar surface area (TPSA) is 80.8 Å². The Bertz CT molecular complexity index is 998. The molecule has 0 spiro atoms. The molecule has 0 bridgehead atoms. The number of anilines is 1. The van der Waals surface area contributed by atoms with E-state index >= 15 is 0 Å². The molecular formula is C25H33N3O4. The van der Waals surface area contributed by atoms with Crippen LogP contribution >= 0.6 is 0 Å². The lowest BCUT2D eigenvalue weighted by Crippen LogP contribution is -2.47. The quantitative estimate of drug-likeness (QED) is 0.672.